The summed E-state index contributed by atoms with van der Waals surface area (Å²) >= 11 is 0. The van der Waals surface area contributed by atoms with E-state index < -0.39 is 22.0 Å². The van der Waals surface area contributed by atoms with Gasteiger partial charge in [0.1, 0.15) is 6.04 Å². The standard InChI is InChI=1S/C24H31N5O5S/c1-28(35(2,33)34)20-11-9-18(10-12-20)23(31)27-21-8-3-4-13-29(24(21)32)16-22(30)26-19-7-5-6-17(14-19)15-25/h5-7,9-12,14,21H,3-4,8,13,15-16,25H2,1-2H3,(H,26,30)(H,27,31). The van der Waals surface area contributed by atoms with Gasteiger partial charge in [-0.05, 0) is 61.2 Å². The number of carbonyl (C=O) groups excluding carboxylic acids is 3. The molecule has 0 bridgehead atoms. The van der Waals surface area contributed by atoms with Crippen LogP contribution in [0.5, 0.6) is 0 Å². The number of nitrogens with zero attached hydrogens (tertiary/aromatic N) is 2. The molecule has 2 aromatic carbocycles. The van der Waals surface area contributed by atoms with Crippen LogP contribution in [-0.2, 0) is 26.2 Å². The summed E-state index contributed by atoms with van der Waals surface area (Å²) in [4.78, 5) is 39.9. The third kappa shape index (κ3) is 7.03. The van der Waals surface area contributed by atoms with E-state index in [1.807, 2.05) is 6.07 Å². The van der Waals surface area contributed by atoms with Gasteiger partial charge in [-0.2, -0.15) is 0 Å². The van der Waals surface area contributed by atoms with Crippen molar-refractivity contribution in [2.45, 2.75) is 31.8 Å². The summed E-state index contributed by atoms with van der Waals surface area (Å²) in [7, 11) is -1.99. The molecule has 3 rings (SSSR count). The van der Waals surface area contributed by atoms with E-state index in [1.165, 1.54) is 36.2 Å². The Morgan fingerprint density at radius 1 is 1.14 bits per heavy atom. The molecular formula is C24H31N5O5S. The van der Waals surface area contributed by atoms with Gasteiger partial charge in [0, 0.05) is 31.4 Å². The molecule has 1 saturated heterocycles. The number of carbonyl (C=O) groups is 3. The highest BCUT2D eigenvalue weighted by molar-refractivity contribution is 7.92. The summed E-state index contributed by atoms with van der Waals surface area (Å²) in [6.07, 6.45) is 3.01. The Hall–Kier alpha value is -3.44. The fraction of sp³-hybridized carbons (Fsp3) is 0.375. The van der Waals surface area contributed by atoms with Crippen LogP contribution in [0.2, 0.25) is 0 Å². The molecule has 188 valence electrons. The summed E-state index contributed by atoms with van der Waals surface area (Å²) in [5.74, 6) is -1.08. The monoisotopic (exact) mass is 501 g/mol. The Kier molecular flexibility index (Phi) is 8.47. The number of nitrogens with two attached hydrogens (primary N) is 1. The third-order valence-electron chi connectivity index (χ3n) is 5.86. The van der Waals surface area contributed by atoms with Crippen molar-refractivity contribution in [3.8, 4) is 0 Å². The van der Waals surface area contributed by atoms with E-state index in [0.29, 0.717) is 36.4 Å². The number of sulfonamides is 1. The molecule has 35 heavy (non-hydrogen) atoms. The van der Waals surface area contributed by atoms with Crippen LogP contribution < -0.4 is 20.7 Å². The van der Waals surface area contributed by atoms with Crippen molar-refractivity contribution in [2.24, 2.45) is 5.73 Å². The first-order valence-electron chi connectivity index (χ1n) is 11.3. The minimum atomic E-state index is -3.42. The van der Waals surface area contributed by atoms with E-state index in [2.05, 4.69) is 10.6 Å². The van der Waals surface area contributed by atoms with Crippen molar-refractivity contribution in [1.82, 2.24) is 10.2 Å². The summed E-state index contributed by atoms with van der Waals surface area (Å²) < 4.78 is 24.5. The lowest BCUT2D eigenvalue weighted by Crippen LogP contribution is -2.49. The Morgan fingerprint density at radius 2 is 1.86 bits per heavy atom. The number of likely N-dealkylation sites (tertiary alicyclic amines) is 1. The van der Waals surface area contributed by atoms with Crippen LogP contribution in [0.25, 0.3) is 0 Å². The Balaban J connectivity index is 1.63. The predicted molar refractivity (Wildman–Crippen MR) is 134 cm³/mol. The van der Waals surface area contributed by atoms with Gasteiger partial charge in [0.2, 0.25) is 21.8 Å². The van der Waals surface area contributed by atoms with Gasteiger partial charge in [-0.15, -0.1) is 0 Å². The van der Waals surface area contributed by atoms with Crippen LogP contribution in [0.1, 0.15) is 35.2 Å². The normalized spacial score (nSPS) is 16.4. The molecule has 10 nitrogen and oxygen atoms in total. The summed E-state index contributed by atoms with van der Waals surface area (Å²) in [6.45, 7) is 0.658. The molecule has 11 heteroatoms. The molecule has 3 amide bonds. The summed E-state index contributed by atoms with van der Waals surface area (Å²) in [5, 5.41) is 5.55. The average Bonchev–Trinajstić information content (AvgIpc) is 2.99. The van der Waals surface area contributed by atoms with E-state index in [1.54, 1.807) is 18.2 Å². The van der Waals surface area contributed by atoms with E-state index in [0.717, 1.165) is 29.0 Å². The van der Waals surface area contributed by atoms with Crippen LogP contribution >= 0.6 is 0 Å². The van der Waals surface area contributed by atoms with E-state index in [9.17, 15) is 22.8 Å². The van der Waals surface area contributed by atoms with Crippen molar-refractivity contribution in [2.75, 3.05) is 36.0 Å². The van der Waals surface area contributed by atoms with Crippen LogP contribution in [0.4, 0.5) is 11.4 Å². The first-order valence-corrected chi connectivity index (χ1v) is 13.2. The van der Waals surface area contributed by atoms with Gasteiger partial charge >= 0.3 is 0 Å². The van der Waals surface area contributed by atoms with Crippen LogP contribution in [0.3, 0.4) is 0 Å². The molecule has 1 aliphatic heterocycles. The quantitative estimate of drug-likeness (QED) is 0.498. The zero-order chi connectivity index (χ0) is 25.6. The summed E-state index contributed by atoms with van der Waals surface area (Å²) in [6, 6.07) is 12.5. The SMILES string of the molecule is CN(c1ccc(C(=O)NC2CCCCN(CC(=O)Nc3cccc(CN)c3)C2=O)cc1)S(C)(=O)=O. The van der Waals surface area contributed by atoms with Crippen LogP contribution in [0, 0.1) is 0 Å². The maximum Gasteiger partial charge on any atom is 0.251 e. The number of nitrogens with one attached hydrogen (secondary N) is 2. The molecule has 1 aliphatic rings. The molecule has 0 aromatic heterocycles. The van der Waals surface area contributed by atoms with E-state index >= 15 is 0 Å². The van der Waals surface area contributed by atoms with Gasteiger partial charge in [0.15, 0.2) is 0 Å². The van der Waals surface area contributed by atoms with Crippen LogP contribution in [0.15, 0.2) is 48.5 Å². The van der Waals surface area contributed by atoms with Gasteiger partial charge in [0.25, 0.3) is 5.91 Å². The highest BCUT2D eigenvalue weighted by atomic mass is 32.2. The summed E-state index contributed by atoms with van der Waals surface area (Å²) in [5.41, 5.74) is 7.85. The van der Waals surface area contributed by atoms with Crippen LogP contribution in [-0.4, -0.2) is 63.5 Å². The minimum Gasteiger partial charge on any atom is -0.340 e. The Labute approximate surface area is 205 Å². The largest absolute Gasteiger partial charge is 0.340 e. The second-order valence-corrected chi connectivity index (χ2v) is 10.5. The fourth-order valence-electron chi connectivity index (χ4n) is 3.80. The van der Waals surface area contributed by atoms with E-state index in [-0.39, 0.29) is 18.4 Å². The number of benzene rings is 2. The number of anilines is 2. The lowest BCUT2D eigenvalue weighted by Gasteiger charge is -2.24. The zero-order valence-corrected chi connectivity index (χ0v) is 20.7. The lowest BCUT2D eigenvalue weighted by atomic mass is 10.1. The van der Waals surface area contributed by atoms with Crippen molar-refractivity contribution >= 4 is 39.1 Å². The highest BCUT2D eigenvalue weighted by Crippen LogP contribution is 2.18. The Bertz CT molecular complexity index is 1180. The van der Waals surface area contributed by atoms with Gasteiger partial charge in [0.05, 0.1) is 18.5 Å². The smallest absolute Gasteiger partial charge is 0.251 e. The molecule has 1 unspecified atom stereocenters. The molecule has 0 spiro atoms. The highest BCUT2D eigenvalue weighted by Gasteiger charge is 2.29. The number of hydrogen-bond acceptors (Lipinski definition) is 6. The molecule has 0 radical (unpaired) electrons. The number of hydrogen-bond donors (Lipinski definition) is 3. The first-order chi connectivity index (χ1) is 16.6. The Morgan fingerprint density at radius 3 is 2.51 bits per heavy atom. The molecule has 0 saturated carbocycles. The minimum absolute atomic E-state index is 0.120. The van der Waals surface area contributed by atoms with Gasteiger partial charge < -0.3 is 21.3 Å². The van der Waals surface area contributed by atoms with Crippen molar-refractivity contribution in [1.29, 1.82) is 0 Å². The molecule has 0 aliphatic carbocycles. The van der Waals surface area contributed by atoms with Crippen molar-refractivity contribution in [3.63, 3.8) is 0 Å². The molecule has 1 heterocycles. The molecule has 1 atom stereocenters. The molecule has 1 fully saturated rings. The van der Waals surface area contributed by atoms with Crippen molar-refractivity contribution < 1.29 is 22.8 Å². The maximum absolute atomic E-state index is 13.1. The van der Waals surface area contributed by atoms with Crippen molar-refractivity contribution in [3.05, 3.63) is 59.7 Å². The first kappa shape index (κ1) is 26.2. The van der Waals surface area contributed by atoms with Gasteiger partial charge in [-0.25, -0.2) is 8.42 Å². The van der Waals surface area contributed by atoms with Gasteiger partial charge in [-0.1, -0.05) is 12.1 Å². The average molecular weight is 502 g/mol. The molecule has 2 aromatic rings. The molecule has 4 N–H and O–H groups in total. The number of amides is 3. The molecular weight excluding hydrogens is 470 g/mol. The fourth-order valence-corrected chi connectivity index (χ4v) is 4.31. The third-order valence-corrected chi connectivity index (χ3v) is 7.06. The zero-order valence-electron chi connectivity index (χ0n) is 19.9. The number of rotatable bonds is 8. The van der Waals surface area contributed by atoms with Gasteiger partial charge in [-0.3, -0.25) is 18.7 Å². The second kappa shape index (κ2) is 11.3. The topological polar surface area (TPSA) is 142 Å². The predicted octanol–water partition coefficient (Wildman–Crippen LogP) is 1.29. The maximum atomic E-state index is 13.1. The second-order valence-electron chi connectivity index (χ2n) is 8.51. The lowest BCUT2D eigenvalue weighted by molar-refractivity contribution is -0.135. The van der Waals surface area contributed by atoms with E-state index in [4.69, 9.17) is 5.73 Å².